The number of piperazine rings is 1. The summed E-state index contributed by atoms with van der Waals surface area (Å²) >= 11 is 6.12. The van der Waals surface area contributed by atoms with Crippen LogP contribution in [0.3, 0.4) is 0 Å². The number of nitrogens with one attached hydrogen (secondary N) is 1. The first-order chi connectivity index (χ1) is 9.67. The second kappa shape index (κ2) is 10.4. The minimum Gasteiger partial charge on any atom is -0.503 e. The lowest BCUT2D eigenvalue weighted by Gasteiger charge is -2.35. The molecule has 2 N–H and O–H groups in total. The van der Waals surface area contributed by atoms with Gasteiger partial charge in [0.1, 0.15) is 0 Å². The highest BCUT2D eigenvalue weighted by Crippen LogP contribution is 2.39. The first-order valence-electron chi connectivity index (χ1n) is 7.18. The van der Waals surface area contributed by atoms with Crippen LogP contribution in [-0.4, -0.2) is 43.3 Å². The summed E-state index contributed by atoms with van der Waals surface area (Å²) in [7, 11) is 1.55. The summed E-state index contributed by atoms with van der Waals surface area (Å²) in [6.45, 7) is 6.29. The highest BCUT2D eigenvalue weighted by Gasteiger charge is 2.23. The normalized spacial score (nSPS) is 16.3. The van der Waals surface area contributed by atoms with E-state index >= 15 is 0 Å². The predicted octanol–water partition coefficient (Wildman–Crippen LogP) is 3.64. The summed E-state index contributed by atoms with van der Waals surface area (Å²) in [6.07, 6.45) is 2.18. The molecule has 1 aliphatic rings. The van der Waals surface area contributed by atoms with E-state index in [-0.39, 0.29) is 30.6 Å². The minimum atomic E-state index is 0. The number of hydrogen-bond acceptors (Lipinski definition) is 4. The van der Waals surface area contributed by atoms with Crippen LogP contribution in [0.5, 0.6) is 11.5 Å². The molecule has 0 saturated carbocycles. The lowest BCUT2D eigenvalue weighted by atomic mass is 9.99. The number of rotatable bonds is 5. The van der Waals surface area contributed by atoms with Crippen molar-refractivity contribution in [1.29, 1.82) is 0 Å². The van der Waals surface area contributed by atoms with Crippen molar-refractivity contribution in [3.05, 3.63) is 22.7 Å². The maximum absolute atomic E-state index is 9.86. The van der Waals surface area contributed by atoms with E-state index in [9.17, 15) is 5.11 Å². The topological polar surface area (TPSA) is 44.7 Å². The number of phenols is 1. The van der Waals surface area contributed by atoms with E-state index in [0.717, 1.165) is 44.6 Å². The van der Waals surface area contributed by atoms with Gasteiger partial charge in [-0.3, -0.25) is 4.90 Å². The Labute approximate surface area is 150 Å². The molecule has 0 unspecified atom stereocenters. The van der Waals surface area contributed by atoms with Crippen molar-refractivity contribution in [1.82, 2.24) is 10.2 Å². The molecule has 0 bridgehead atoms. The van der Waals surface area contributed by atoms with Crippen LogP contribution in [-0.2, 0) is 0 Å². The number of methoxy groups -OCH3 is 1. The largest absolute Gasteiger partial charge is 0.503 e. The molecule has 128 valence electrons. The zero-order valence-electron chi connectivity index (χ0n) is 13.0. The third-order valence-corrected chi connectivity index (χ3v) is 4.10. The van der Waals surface area contributed by atoms with Crippen LogP contribution in [0.25, 0.3) is 0 Å². The van der Waals surface area contributed by atoms with E-state index in [2.05, 4.69) is 17.1 Å². The summed E-state index contributed by atoms with van der Waals surface area (Å²) in [5, 5.41) is 13.6. The second-order valence-corrected chi connectivity index (χ2v) is 5.55. The Kier molecular flexibility index (Phi) is 10.2. The number of halogens is 3. The molecule has 1 atom stereocenters. The maximum Gasteiger partial charge on any atom is 0.176 e. The third kappa shape index (κ3) is 5.07. The smallest absolute Gasteiger partial charge is 0.176 e. The summed E-state index contributed by atoms with van der Waals surface area (Å²) < 4.78 is 5.22. The lowest BCUT2D eigenvalue weighted by Crippen LogP contribution is -2.45. The molecule has 0 radical (unpaired) electrons. The van der Waals surface area contributed by atoms with Crippen LogP contribution in [0.4, 0.5) is 0 Å². The molecule has 1 saturated heterocycles. The maximum atomic E-state index is 9.86. The highest BCUT2D eigenvalue weighted by molar-refractivity contribution is 6.32. The number of aromatic hydroxyl groups is 1. The fourth-order valence-corrected chi connectivity index (χ4v) is 2.99. The molecule has 0 aliphatic carbocycles. The van der Waals surface area contributed by atoms with Crippen molar-refractivity contribution < 1.29 is 9.84 Å². The zero-order valence-corrected chi connectivity index (χ0v) is 15.4. The van der Waals surface area contributed by atoms with E-state index in [1.807, 2.05) is 12.1 Å². The summed E-state index contributed by atoms with van der Waals surface area (Å²) in [5.41, 5.74) is 1.12. The molecule has 1 aliphatic heterocycles. The average Bonchev–Trinajstić information content (AvgIpc) is 2.48. The van der Waals surface area contributed by atoms with Crippen molar-refractivity contribution in [2.75, 3.05) is 33.3 Å². The van der Waals surface area contributed by atoms with Crippen molar-refractivity contribution in [3.63, 3.8) is 0 Å². The summed E-state index contributed by atoms with van der Waals surface area (Å²) in [6, 6.07) is 4.10. The monoisotopic (exact) mass is 370 g/mol. The van der Waals surface area contributed by atoms with Crippen molar-refractivity contribution in [2.45, 2.75) is 25.8 Å². The Morgan fingerprint density at radius 1 is 1.32 bits per heavy atom. The van der Waals surface area contributed by atoms with Gasteiger partial charge in [0.05, 0.1) is 12.1 Å². The molecule has 1 fully saturated rings. The molecule has 0 aromatic heterocycles. The van der Waals surface area contributed by atoms with Crippen LogP contribution < -0.4 is 10.1 Å². The molecular formula is C15H25Cl3N2O2. The van der Waals surface area contributed by atoms with Gasteiger partial charge in [-0.2, -0.15) is 0 Å². The molecular weight excluding hydrogens is 347 g/mol. The van der Waals surface area contributed by atoms with Crippen LogP contribution in [0.2, 0.25) is 5.02 Å². The van der Waals surface area contributed by atoms with Gasteiger partial charge in [0.25, 0.3) is 0 Å². The average molecular weight is 372 g/mol. The first kappa shape index (κ1) is 21.6. The first-order valence-corrected chi connectivity index (χ1v) is 7.56. The van der Waals surface area contributed by atoms with Gasteiger partial charge in [-0.05, 0) is 24.1 Å². The Morgan fingerprint density at radius 3 is 2.50 bits per heavy atom. The fraction of sp³-hybridized carbons (Fsp3) is 0.600. The molecule has 7 heteroatoms. The van der Waals surface area contributed by atoms with Gasteiger partial charge in [-0.1, -0.05) is 24.9 Å². The van der Waals surface area contributed by atoms with Crippen LogP contribution in [0, 0.1) is 0 Å². The molecule has 4 nitrogen and oxygen atoms in total. The Hall–Kier alpha value is -0.390. The molecule has 0 spiro atoms. The van der Waals surface area contributed by atoms with Gasteiger partial charge in [0.2, 0.25) is 0 Å². The van der Waals surface area contributed by atoms with Crippen molar-refractivity contribution in [2.24, 2.45) is 0 Å². The zero-order chi connectivity index (χ0) is 14.5. The Bertz CT molecular complexity index is 455. The SMILES string of the molecule is CCC[C@H](c1cc(Cl)c(O)c(OC)c1)N1CCNCC1.Cl.Cl. The van der Waals surface area contributed by atoms with E-state index < -0.39 is 0 Å². The van der Waals surface area contributed by atoms with E-state index in [0.29, 0.717) is 16.8 Å². The minimum absolute atomic E-state index is 0. The lowest BCUT2D eigenvalue weighted by molar-refractivity contribution is 0.164. The number of hydrogen-bond donors (Lipinski definition) is 2. The van der Waals surface area contributed by atoms with Gasteiger partial charge < -0.3 is 15.2 Å². The summed E-state index contributed by atoms with van der Waals surface area (Å²) in [5.74, 6) is 0.470. The number of nitrogens with zero attached hydrogens (tertiary/aromatic N) is 1. The molecule has 0 amide bonds. The van der Waals surface area contributed by atoms with Gasteiger partial charge >= 0.3 is 0 Å². The summed E-state index contributed by atoms with van der Waals surface area (Å²) in [4.78, 5) is 2.47. The van der Waals surface area contributed by atoms with E-state index in [1.54, 1.807) is 7.11 Å². The number of ether oxygens (including phenoxy) is 1. The molecule has 1 aromatic rings. The van der Waals surface area contributed by atoms with E-state index in [1.165, 1.54) is 0 Å². The second-order valence-electron chi connectivity index (χ2n) is 5.14. The van der Waals surface area contributed by atoms with E-state index in [4.69, 9.17) is 16.3 Å². The van der Waals surface area contributed by atoms with Gasteiger partial charge in [-0.15, -0.1) is 24.8 Å². The Morgan fingerprint density at radius 2 is 1.95 bits per heavy atom. The third-order valence-electron chi connectivity index (χ3n) is 3.81. The van der Waals surface area contributed by atoms with Crippen LogP contribution in [0.15, 0.2) is 12.1 Å². The van der Waals surface area contributed by atoms with Gasteiger partial charge in [0, 0.05) is 32.2 Å². The number of benzene rings is 1. The standard InChI is InChI=1S/C15H23ClN2O2.2ClH/c1-3-4-13(18-7-5-17-6-8-18)11-9-12(16)15(19)14(10-11)20-2;;/h9-10,13,17,19H,3-8H2,1-2H3;2*1H/t13-;;/m1../s1. The number of phenolic OH excluding ortho intramolecular Hbond substituents is 1. The molecule has 22 heavy (non-hydrogen) atoms. The fourth-order valence-electron chi connectivity index (χ4n) is 2.77. The van der Waals surface area contributed by atoms with Crippen LogP contribution >= 0.6 is 36.4 Å². The molecule has 2 rings (SSSR count). The Balaban J connectivity index is 0.00000220. The highest BCUT2D eigenvalue weighted by atomic mass is 35.5. The van der Waals surface area contributed by atoms with Gasteiger partial charge in [-0.25, -0.2) is 0 Å². The van der Waals surface area contributed by atoms with Gasteiger partial charge in [0.15, 0.2) is 11.5 Å². The molecule has 1 aromatic carbocycles. The van der Waals surface area contributed by atoms with Crippen LogP contribution in [0.1, 0.15) is 31.4 Å². The molecule has 1 heterocycles. The van der Waals surface area contributed by atoms with Crippen molar-refractivity contribution >= 4 is 36.4 Å². The van der Waals surface area contributed by atoms with Crippen molar-refractivity contribution in [3.8, 4) is 11.5 Å². The quantitative estimate of drug-likeness (QED) is 0.829. The predicted molar refractivity (Wildman–Crippen MR) is 96.3 cm³/mol.